The minimum atomic E-state index is -0.693. The van der Waals surface area contributed by atoms with Crippen molar-refractivity contribution in [3.05, 3.63) is 6.15 Å². The maximum Gasteiger partial charge on any atom is 1.00 e. The van der Waals surface area contributed by atoms with Gasteiger partial charge in [-0.1, -0.05) is 13.3 Å². The van der Waals surface area contributed by atoms with Gasteiger partial charge in [-0.15, -0.1) is 0 Å². The van der Waals surface area contributed by atoms with Gasteiger partial charge in [-0.05, 0) is 6.42 Å². The summed E-state index contributed by atoms with van der Waals surface area (Å²) in [7, 11) is 0. The summed E-state index contributed by atoms with van der Waals surface area (Å²) in [4.78, 5) is 9.76. The number of rotatable bonds is 3. The molecule has 0 bridgehead atoms. The number of hydrogen-bond donors (Lipinski definition) is 1. The van der Waals surface area contributed by atoms with Gasteiger partial charge in [0.05, 0.1) is 0 Å². The molecule has 0 aliphatic rings. The molecule has 9 heavy (non-hydrogen) atoms. The Kier molecular flexibility index (Phi) is 20.3. The minimum Gasteiger partial charge on any atom is -0.693 e. The van der Waals surface area contributed by atoms with Crippen molar-refractivity contribution < 1.29 is 39.5 Å². The topological polar surface area (TPSA) is 70.8 Å². The maximum absolute atomic E-state index is 9.76. The Morgan fingerprint density at radius 1 is 1.56 bits per heavy atom. The van der Waals surface area contributed by atoms with E-state index in [1.54, 1.807) is 0 Å². The molecule has 3 N–H and O–H groups in total. The molecule has 0 heterocycles. The molecular formula is C5H12NNaO2. The third-order valence-corrected chi connectivity index (χ3v) is 0.744. The van der Waals surface area contributed by atoms with Crippen LogP contribution in [0.15, 0.2) is 0 Å². The molecular weight excluding hydrogens is 129 g/mol. The van der Waals surface area contributed by atoms with Crippen LogP contribution in [0.5, 0.6) is 0 Å². The Morgan fingerprint density at radius 3 is 2.11 bits per heavy atom. The van der Waals surface area contributed by atoms with E-state index < -0.39 is 5.97 Å². The third-order valence-electron chi connectivity index (χ3n) is 0.744. The van der Waals surface area contributed by atoms with Gasteiger partial charge in [0.25, 0.3) is 0 Å². The second-order valence-electron chi connectivity index (χ2n) is 1.50. The van der Waals surface area contributed by atoms with Crippen LogP contribution in [0.25, 0.3) is 6.15 Å². The minimum absolute atomic E-state index is 0. The molecule has 0 saturated carbocycles. The zero-order valence-electron chi connectivity index (χ0n) is 6.05. The first-order chi connectivity index (χ1) is 3.27. The molecule has 50 valence electrons. The molecule has 0 aliphatic carbocycles. The zero-order chi connectivity index (χ0) is 5.70. The molecule has 0 aromatic heterocycles. The predicted molar refractivity (Wildman–Crippen MR) is 32.4 cm³/mol. The molecule has 4 heteroatoms. The van der Waals surface area contributed by atoms with Gasteiger partial charge in [0.1, 0.15) is 0 Å². The van der Waals surface area contributed by atoms with Crippen LogP contribution in [0.3, 0.4) is 0 Å². The molecule has 0 radical (unpaired) electrons. The number of carboxylic acids is 1. The number of carboxylic acid groups (broad SMARTS) is 1. The summed E-state index contributed by atoms with van der Waals surface area (Å²) in [6, 6.07) is 0. The average Bonchev–Trinajstić information content (AvgIpc) is 1.61. The zero-order valence-corrected chi connectivity index (χ0v) is 8.05. The van der Waals surface area contributed by atoms with Crippen LogP contribution in [-0.4, -0.2) is 11.1 Å². The van der Waals surface area contributed by atoms with E-state index in [1.165, 1.54) is 0 Å². The van der Waals surface area contributed by atoms with Crippen molar-refractivity contribution in [1.82, 2.24) is 0 Å². The molecule has 0 amide bonds. The molecule has 0 rings (SSSR count). The Bertz CT molecular complexity index is 68.0. The van der Waals surface area contributed by atoms with Gasteiger partial charge in [-0.25, -0.2) is 0 Å². The summed E-state index contributed by atoms with van der Waals surface area (Å²) in [5, 5.41) is 8.04. The normalized spacial score (nSPS) is 6.78. The number of hydrogen-bond acceptors (Lipinski definition) is 1. The monoisotopic (exact) mass is 141 g/mol. The van der Waals surface area contributed by atoms with Crippen molar-refractivity contribution in [3.8, 4) is 0 Å². The number of nitrogens with two attached hydrogens (primary N) is 1. The summed E-state index contributed by atoms with van der Waals surface area (Å²) < 4.78 is 0. The van der Waals surface area contributed by atoms with Gasteiger partial charge in [-0.2, -0.15) is 0 Å². The standard InChI is InChI=1S/C5H10O2.H2N.Na/c1-2-3-4-5(6)7;;/h2-4H2,1H3,(H,6,7);1H2;/q;-1;+1. The summed E-state index contributed by atoms with van der Waals surface area (Å²) in [6.07, 6.45) is 2.08. The van der Waals surface area contributed by atoms with Gasteiger partial charge in [0.15, 0.2) is 0 Å². The van der Waals surface area contributed by atoms with E-state index in [0.717, 1.165) is 12.8 Å². The fourth-order valence-corrected chi connectivity index (χ4v) is 0.328. The van der Waals surface area contributed by atoms with E-state index in [9.17, 15) is 4.79 Å². The first-order valence-corrected chi connectivity index (χ1v) is 2.49. The Hall–Kier alpha value is 0.430. The van der Waals surface area contributed by atoms with E-state index in [1.807, 2.05) is 6.92 Å². The molecule has 0 fully saturated rings. The van der Waals surface area contributed by atoms with Gasteiger partial charge in [0.2, 0.25) is 0 Å². The van der Waals surface area contributed by atoms with Crippen LogP contribution >= 0.6 is 0 Å². The van der Waals surface area contributed by atoms with Crippen molar-refractivity contribution >= 4 is 5.97 Å². The summed E-state index contributed by atoms with van der Waals surface area (Å²) in [5.74, 6) is -0.693. The van der Waals surface area contributed by atoms with Gasteiger partial charge in [0, 0.05) is 6.42 Å². The van der Waals surface area contributed by atoms with Crippen LogP contribution in [0.4, 0.5) is 0 Å². The maximum atomic E-state index is 9.76. The fourth-order valence-electron chi connectivity index (χ4n) is 0.328. The van der Waals surface area contributed by atoms with Crippen molar-refractivity contribution in [2.24, 2.45) is 0 Å². The van der Waals surface area contributed by atoms with Crippen molar-refractivity contribution in [2.45, 2.75) is 26.2 Å². The van der Waals surface area contributed by atoms with Crippen LogP contribution in [0.1, 0.15) is 26.2 Å². The molecule has 0 atom stereocenters. The number of aliphatic carboxylic acids is 1. The number of unbranched alkanes of at least 4 members (excludes halogenated alkanes) is 1. The molecule has 0 unspecified atom stereocenters. The summed E-state index contributed by atoms with van der Waals surface area (Å²) in [6.45, 7) is 1.98. The van der Waals surface area contributed by atoms with Gasteiger partial charge >= 0.3 is 35.5 Å². The number of carbonyl (C=O) groups is 1. The first-order valence-electron chi connectivity index (χ1n) is 2.49. The third kappa shape index (κ3) is 17.8. The van der Waals surface area contributed by atoms with Crippen LogP contribution in [-0.2, 0) is 4.79 Å². The van der Waals surface area contributed by atoms with Crippen molar-refractivity contribution in [3.63, 3.8) is 0 Å². The summed E-state index contributed by atoms with van der Waals surface area (Å²) in [5.41, 5.74) is 0. The van der Waals surface area contributed by atoms with Crippen molar-refractivity contribution in [2.75, 3.05) is 0 Å². The quantitative estimate of drug-likeness (QED) is 0.511. The largest absolute Gasteiger partial charge is 1.00 e. The Morgan fingerprint density at radius 2 is 2.00 bits per heavy atom. The average molecular weight is 141 g/mol. The molecule has 0 spiro atoms. The first kappa shape index (κ1) is 16.2. The van der Waals surface area contributed by atoms with E-state index >= 15 is 0 Å². The van der Waals surface area contributed by atoms with E-state index in [2.05, 4.69) is 0 Å². The fraction of sp³-hybridized carbons (Fsp3) is 0.800. The van der Waals surface area contributed by atoms with E-state index in [0.29, 0.717) is 6.42 Å². The molecule has 0 aromatic rings. The Labute approximate surface area is 77.7 Å². The Balaban J connectivity index is -0.000000180. The van der Waals surface area contributed by atoms with Crippen LogP contribution in [0.2, 0.25) is 0 Å². The second kappa shape index (κ2) is 11.3. The molecule has 0 saturated heterocycles. The molecule has 0 aromatic carbocycles. The van der Waals surface area contributed by atoms with Gasteiger partial charge < -0.3 is 11.3 Å². The van der Waals surface area contributed by atoms with Crippen LogP contribution < -0.4 is 29.6 Å². The predicted octanol–water partition coefficient (Wildman–Crippen LogP) is -1.02. The van der Waals surface area contributed by atoms with E-state index in [-0.39, 0.29) is 35.7 Å². The second-order valence-corrected chi connectivity index (χ2v) is 1.50. The molecule has 0 aliphatic heterocycles. The van der Waals surface area contributed by atoms with Crippen molar-refractivity contribution in [1.29, 1.82) is 0 Å². The SMILES string of the molecule is CCCCC(=O)O.[NH2-].[Na+]. The van der Waals surface area contributed by atoms with Crippen LogP contribution in [0, 0.1) is 0 Å². The smallest absolute Gasteiger partial charge is 0.693 e. The molecule has 3 nitrogen and oxygen atoms in total. The summed E-state index contributed by atoms with van der Waals surface area (Å²) >= 11 is 0. The van der Waals surface area contributed by atoms with E-state index in [4.69, 9.17) is 5.11 Å². The van der Waals surface area contributed by atoms with Gasteiger partial charge in [-0.3, -0.25) is 4.79 Å².